The van der Waals surface area contributed by atoms with Crippen LogP contribution in [0.4, 0.5) is 5.69 Å². The Bertz CT molecular complexity index is 981. The summed E-state index contributed by atoms with van der Waals surface area (Å²) >= 11 is 1.97. The lowest BCUT2D eigenvalue weighted by Crippen LogP contribution is -2.28. The van der Waals surface area contributed by atoms with Crippen molar-refractivity contribution in [2.45, 2.75) is 39.5 Å². The zero-order chi connectivity index (χ0) is 19.7. The lowest BCUT2D eigenvalue weighted by Gasteiger charge is -2.17. The molecule has 2 heterocycles. The summed E-state index contributed by atoms with van der Waals surface area (Å²) in [5.74, 6) is 1.20. The summed E-state index contributed by atoms with van der Waals surface area (Å²) < 4.78 is 2.54. The zero-order valence-electron chi connectivity index (χ0n) is 17.5. The predicted octanol–water partition coefficient (Wildman–Crippen LogP) is 6.09. The van der Waals surface area contributed by atoms with E-state index in [9.17, 15) is 0 Å². The van der Waals surface area contributed by atoms with Gasteiger partial charge in [-0.3, -0.25) is 0 Å². The van der Waals surface area contributed by atoms with Gasteiger partial charge >= 0.3 is 0 Å². The standard InChI is InChI=1S/C25H31N2S/c1-5-16-27-21-15-14-19-10-7-8-11-20(19)24(21)25(3,4)22(27)12-9-13-23-26(6-2)17-18-28-23/h7-15H,5-6,16-18H2,1-4H3/q+1. The van der Waals surface area contributed by atoms with Gasteiger partial charge in [0.25, 0.3) is 0 Å². The fourth-order valence-electron chi connectivity index (χ4n) is 4.65. The minimum atomic E-state index is -0.00631. The van der Waals surface area contributed by atoms with Gasteiger partial charge in [-0.25, -0.2) is 0 Å². The molecule has 2 aliphatic heterocycles. The van der Waals surface area contributed by atoms with Crippen LogP contribution in [0.5, 0.6) is 0 Å². The van der Waals surface area contributed by atoms with Crippen molar-refractivity contribution in [3.8, 4) is 0 Å². The van der Waals surface area contributed by atoms with E-state index in [4.69, 9.17) is 0 Å². The average molecular weight is 392 g/mol. The predicted molar refractivity (Wildman–Crippen MR) is 124 cm³/mol. The van der Waals surface area contributed by atoms with Crippen molar-refractivity contribution in [1.29, 1.82) is 0 Å². The molecule has 28 heavy (non-hydrogen) atoms. The molecule has 2 aromatic rings. The number of rotatable bonds is 5. The Balaban J connectivity index is 1.78. The summed E-state index contributed by atoms with van der Waals surface area (Å²) in [6.07, 6.45) is 8.06. The van der Waals surface area contributed by atoms with Crippen LogP contribution in [-0.4, -0.2) is 40.6 Å². The molecule has 0 aromatic heterocycles. The second-order valence-corrected chi connectivity index (χ2v) is 9.25. The molecule has 0 atom stereocenters. The van der Waals surface area contributed by atoms with Crippen LogP contribution in [0.2, 0.25) is 0 Å². The molecule has 0 saturated carbocycles. The Labute approximate surface area is 173 Å². The highest BCUT2D eigenvalue weighted by Crippen LogP contribution is 2.44. The van der Waals surface area contributed by atoms with E-state index in [1.165, 1.54) is 45.1 Å². The van der Waals surface area contributed by atoms with Crippen LogP contribution in [-0.2, 0) is 5.41 Å². The number of fused-ring (bicyclic) bond motifs is 3. The Kier molecular flexibility index (Phi) is 5.37. The monoisotopic (exact) mass is 391 g/mol. The molecule has 2 aliphatic rings. The quantitative estimate of drug-likeness (QED) is 0.569. The maximum atomic E-state index is 2.54. The first-order valence-corrected chi connectivity index (χ1v) is 11.5. The highest BCUT2D eigenvalue weighted by atomic mass is 32.2. The highest BCUT2D eigenvalue weighted by Gasteiger charge is 2.45. The number of allylic oxidation sites excluding steroid dienone is 3. The third-order valence-corrected chi connectivity index (χ3v) is 7.08. The second kappa shape index (κ2) is 7.79. The summed E-state index contributed by atoms with van der Waals surface area (Å²) in [4.78, 5) is 2.46. The van der Waals surface area contributed by atoms with Crippen molar-refractivity contribution in [1.82, 2.24) is 4.90 Å². The molecule has 2 nitrogen and oxygen atoms in total. The Hall–Kier alpha value is -2.00. The molecule has 0 spiro atoms. The van der Waals surface area contributed by atoms with E-state index in [0.29, 0.717) is 0 Å². The summed E-state index contributed by atoms with van der Waals surface area (Å²) in [5.41, 5.74) is 4.25. The lowest BCUT2D eigenvalue weighted by molar-refractivity contribution is -0.437. The van der Waals surface area contributed by atoms with E-state index in [0.717, 1.165) is 19.5 Å². The summed E-state index contributed by atoms with van der Waals surface area (Å²) in [5, 5.41) is 4.12. The zero-order valence-corrected chi connectivity index (χ0v) is 18.4. The lowest BCUT2D eigenvalue weighted by atomic mass is 9.79. The molecule has 146 valence electrons. The van der Waals surface area contributed by atoms with Crippen LogP contribution in [0.1, 0.15) is 39.7 Å². The van der Waals surface area contributed by atoms with Gasteiger partial charge in [0, 0.05) is 43.0 Å². The minimum absolute atomic E-state index is 0.00631. The maximum absolute atomic E-state index is 2.54. The van der Waals surface area contributed by atoms with Crippen LogP contribution in [0.25, 0.3) is 10.8 Å². The summed E-state index contributed by atoms with van der Waals surface area (Å²) in [7, 11) is 0. The van der Waals surface area contributed by atoms with Crippen LogP contribution >= 0.6 is 11.8 Å². The molecular weight excluding hydrogens is 360 g/mol. The van der Waals surface area contributed by atoms with Crippen molar-refractivity contribution < 1.29 is 4.58 Å². The maximum Gasteiger partial charge on any atom is 0.210 e. The van der Waals surface area contributed by atoms with Crippen molar-refractivity contribution in [2.75, 3.05) is 25.4 Å². The van der Waals surface area contributed by atoms with E-state index < -0.39 is 0 Å². The van der Waals surface area contributed by atoms with Crippen LogP contribution < -0.4 is 0 Å². The third kappa shape index (κ3) is 3.20. The molecule has 3 heteroatoms. The fraction of sp³-hybridized carbons (Fsp3) is 0.400. The van der Waals surface area contributed by atoms with Crippen molar-refractivity contribution in [2.24, 2.45) is 0 Å². The largest absolute Gasteiger partial charge is 0.366 e. The number of nitrogens with zero attached hydrogens (tertiary/aromatic N) is 2. The highest BCUT2D eigenvalue weighted by molar-refractivity contribution is 8.03. The summed E-state index contributed by atoms with van der Waals surface area (Å²) in [6, 6.07) is 13.4. The Morgan fingerprint density at radius 3 is 2.75 bits per heavy atom. The van der Waals surface area contributed by atoms with Crippen molar-refractivity contribution in [3.63, 3.8) is 0 Å². The first kappa shape index (κ1) is 19.3. The number of thioether (sulfide) groups is 1. The molecule has 0 radical (unpaired) electrons. The van der Waals surface area contributed by atoms with Gasteiger partial charge in [0.2, 0.25) is 5.69 Å². The van der Waals surface area contributed by atoms with E-state index in [-0.39, 0.29) is 5.41 Å². The molecule has 2 aromatic carbocycles. The first-order chi connectivity index (χ1) is 13.6. The van der Waals surface area contributed by atoms with Gasteiger partial charge < -0.3 is 4.90 Å². The molecule has 0 unspecified atom stereocenters. The van der Waals surface area contributed by atoms with Gasteiger partial charge in [-0.2, -0.15) is 4.58 Å². The molecule has 0 N–H and O–H groups in total. The minimum Gasteiger partial charge on any atom is -0.366 e. The van der Waals surface area contributed by atoms with E-state index in [1.54, 1.807) is 0 Å². The van der Waals surface area contributed by atoms with E-state index in [1.807, 2.05) is 11.8 Å². The van der Waals surface area contributed by atoms with E-state index in [2.05, 4.69) is 91.8 Å². The number of hydrogen-bond acceptors (Lipinski definition) is 2. The molecule has 4 rings (SSSR count). The van der Waals surface area contributed by atoms with Crippen molar-refractivity contribution in [3.05, 3.63) is 65.2 Å². The first-order valence-electron chi connectivity index (χ1n) is 10.5. The molecule has 0 bridgehead atoms. The SMILES string of the molecule is CCC[N+]1=C(/C=C/C=C2\SCCN2CC)C(C)(C)c2c1ccc1ccccc21. The van der Waals surface area contributed by atoms with Gasteiger partial charge in [0.15, 0.2) is 5.71 Å². The summed E-state index contributed by atoms with van der Waals surface area (Å²) in [6.45, 7) is 12.6. The molecule has 1 saturated heterocycles. The number of benzene rings is 2. The average Bonchev–Trinajstić information content (AvgIpc) is 3.24. The number of hydrogen-bond donors (Lipinski definition) is 0. The van der Waals surface area contributed by atoms with Crippen LogP contribution in [0.3, 0.4) is 0 Å². The van der Waals surface area contributed by atoms with Crippen LogP contribution in [0.15, 0.2) is 59.7 Å². The van der Waals surface area contributed by atoms with E-state index >= 15 is 0 Å². The molecular formula is C25H31N2S+. The van der Waals surface area contributed by atoms with Gasteiger partial charge in [-0.05, 0) is 43.7 Å². The van der Waals surface area contributed by atoms with Gasteiger partial charge in [-0.15, -0.1) is 11.8 Å². The van der Waals surface area contributed by atoms with Gasteiger partial charge in [-0.1, -0.05) is 37.3 Å². The topological polar surface area (TPSA) is 6.25 Å². The molecule has 0 amide bonds. The van der Waals surface area contributed by atoms with Gasteiger partial charge in [0.05, 0.1) is 10.4 Å². The smallest absolute Gasteiger partial charge is 0.210 e. The third-order valence-electron chi connectivity index (χ3n) is 6.00. The van der Waals surface area contributed by atoms with Gasteiger partial charge in [0.1, 0.15) is 6.54 Å². The Morgan fingerprint density at radius 1 is 1.14 bits per heavy atom. The van der Waals surface area contributed by atoms with Crippen molar-refractivity contribution >= 4 is 33.9 Å². The van der Waals surface area contributed by atoms with Crippen LogP contribution in [0, 0.1) is 0 Å². The normalized spacial score (nSPS) is 20.1. The molecule has 1 fully saturated rings. The Morgan fingerprint density at radius 2 is 1.96 bits per heavy atom. The fourth-order valence-corrected chi connectivity index (χ4v) is 5.75. The second-order valence-electron chi connectivity index (χ2n) is 8.13. The molecule has 0 aliphatic carbocycles.